The molecule has 0 aliphatic carbocycles. The molecule has 0 amide bonds. The van der Waals surface area contributed by atoms with E-state index in [1.54, 1.807) is 30.5 Å². The van der Waals surface area contributed by atoms with E-state index >= 15 is 0 Å². The highest BCUT2D eigenvalue weighted by Gasteiger charge is 2.25. The van der Waals surface area contributed by atoms with E-state index in [4.69, 9.17) is 10.00 Å². The first kappa shape index (κ1) is 26.1. The van der Waals surface area contributed by atoms with Crippen LogP contribution in [0.25, 0.3) is 6.08 Å². The molecule has 4 rings (SSSR count). The summed E-state index contributed by atoms with van der Waals surface area (Å²) in [6.45, 7) is 5.28. The Morgan fingerprint density at radius 3 is 2.43 bits per heavy atom. The summed E-state index contributed by atoms with van der Waals surface area (Å²) in [7, 11) is -3.25. The summed E-state index contributed by atoms with van der Waals surface area (Å²) in [5.41, 5.74) is 3.56. The number of allylic oxidation sites excluding steroid dienone is 1. The van der Waals surface area contributed by atoms with E-state index in [0.29, 0.717) is 49.2 Å². The van der Waals surface area contributed by atoms with Crippen LogP contribution in [0.2, 0.25) is 0 Å². The van der Waals surface area contributed by atoms with Gasteiger partial charge in [0.1, 0.15) is 11.6 Å². The zero-order valence-corrected chi connectivity index (χ0v) is 21.6. The standard InChI is InChI=1S/C26H27FN6O3S/c1-18-15-20(5-4-9-28)16-19(2)25(18)36-24-8-10-29-26(31-24)30-21-6-7-23(22(27)17-21)32-11-13-33(14-12-32)37(3,34)35/h4-8,10,15-17H,11-14H2,1-3H3,(H,29,30,31)/b5-4+. The van der Waals surface area contributed by atoms with Crippen LogP contribution in [0.5, 0.6) is 11.6 Å². The summed E-state index contributed by atoms with van der Waals surface area (Å²) in [6, 6.07) is 12.2. The van der Waals surface area contributed by atoms with Gasteiger partial charge >= 0.3 is 0 Å². The Labute approximate surface area is 215 Å². The highest BCUT2D eigenvalue weighted by Crippen LogP contribution is 2.30. The molecular weight excluding hydrogens is 495 g/mol. The molecule has 9 nitrogen and oxygen atoms in total. The van der Waals surface area contributed by atoms with Gasteiger partial charge in [0.2, 0.25) is 21.9 Å². The second-order valence-electron chi connectivity index (χ2n) is 8.71. The van der Waals surface area contributed by atoms with Crippen molar-refractivity contribution in [2.24, 2.45) is 0 Å². The van der Waals surface area contributed by atoms with Gasteiger partial charge in [-0.1, -0.05) is 0 Å². The van der Waals surface area contributed by atoms with Crippen LogP contribution in [-0.2, 0) is 10.0 Å². The zero-order chi connectivity index (χ0) is 26.6. The number of hydrogen-bond acceptors (Lipinski definition) is 8. The quantitative estimate of drug-likeness (QED) is 0.455. The first-order valence-corrected chi connectivity index (χ1v) is 13.4. The number of nitrogens with one attached hydrogen (secondary N) is 1. The SMILES string of the molecule is Cc1cc(/C=C/C#N)cc(C)c1Oc1ccnc(Nc2ccc(N3CCN(S(C)(=O)=O)CC3)c(F)c2)n1. The van der Waals surface area contributed by atoms with Crippen molar-refractivity contribution in [3.8, 4) is 17.7 Å². The molecule has 1 N–H and O–H groups in total. The largest absolute Gasteiger partial charge is 0.438 e. The Hall–Kier alpha value is -4.01. The summed E-state index contributed by atoms with van der Waals surface area (Å²) in [5.74, 6) is 0.798. The van der Waals surface area contributed by atoms with Crippen molar-refractivity contribution in [2.45, 2.75) is 13.8 Å². The Morgan fingerprint density at radius 1 is 1.11 bits per heavy atom. The van der Waals surface area contributed by atoms with Gasteiger partial charge in [0.25, 0.3) is 0 Å². The third-order valence-corrected chi connectivity index (χ3v) is 7.22. The van der Waals surface area contributed by atoms with E-state index in [9.17, 15) is 12.8 Å². The van der Waals surface area contributed by atoms with Gasteiger partial charge in [-0.15, -0.1) is 0 Å². The number of halogens is 1. The number of anilines is 3. The lowest BCUT2D eigenvalue weighted by Crippen LogP contribution is -2.48. The van der Waals surface area contributed by atoms with E-state index in [1.807, 2.05) is 36.9 Å². The predicted octanol–water partition coefficient (Wildman–Crippen LogP) is 4.39. The lowest BCUT2D eigenvalue weighted by atomic mass is 10.1. The van der Waals surface area contributed by atoms with Crippen LogP contribution in [-0.4, -0.2) is 55.1 Å². The van der Waals surface area contributed by atoms with Crippen LogP contribution >= 0.6 is 0 Å². The van der Waals surface area contributed by atoms with Gasteiger partial charge in [-0.2, -0.15) is 14.6 Å². The number of aryl methyl sites for hydroxylation is 2. The molecule has 0 bridgehead atoms. The molecule has 1 aliphatic rings. The number of ether oxygens (including phenoxy) is 1. The molecule has 1 saturated heterocycles. The van der Waals surface area contributed by atoms with Gasteiger partial charge in [0.05, 0.1) is 18.0 Å². The molecule has 1 aromatic heterocycles. The summed E-state index contributed by atoms with van der Waals surface area (Å²) in [5, 5.41) is 11.7. The van der Waals surface area contributed by atoms with Crippen LogP contribution in [0, 0.1) is 31.0 Å². The fourth-order valence-electron chi connectivity index (χ4n) is 4.17. The Kier molecular flexibility index (Phi) is 7.71. The van der Waals surface area contributed by atoms with Crippen molar-refractivity contribution in [2.75, 3.05) is 42.7 Å². The topological polar surface area (TPSA) is 111 Å². The molecule has 2 heterocycles. The number of aromatic nitrogens is 2. The Bertz CT molecular complexity index is 1450. The van der Waals surface area contributed by atoms with Crippen LogP contribution in [0.15, 0.2) is 48.7 Å². The Morgan fingerprint density at radius 2 is 1.81 bits per heavy atom. The minimum Gasteiger partial charge on any atom is -0.438 e. The van der Waals surface area contributed by atoms with E-state index in [0.717, 1.165) is 16.7 Å². The second-order valence-corrected chi connectivity index (χ2v) is 10.7. The molecule has 0 spiro atoms. The maximum atomic E-state index is 14.9. The van der Waals surface area contributed by atoms with Crippen molar-refractivity contribution in [1.29, 1.82) is 5.26 Å². The highest BCUT2D eigenvalue weighted by molar-refractivity contribution is 7.88. The summed E-state index contributed by atoms with van der Waals surface area (Å²) < 4.78 is 45.8. The Balaban J connectivity index is 1.45. The fourth-order valence-corrected chi connectivity index (χ4v) is 5.00. The molecule has 0 unspecified atom stereocenters. The number of piperazine rings is 1. The maximum Gasteiger partial charge on any atom is 0.230 e. The van der Waals surface area contributed by atoms with Crippen LogP contribution in [0.3, 0.4) is 0 Å². The van der Waals surface area contributed by atoms with Crippen LogP contribution < -0.4 is 15.0 Å². The number of rotatable bonds is 7. The molecule has 11 heteroatoms. The summed E-state index contributed by atoms with van der Waals surface area (Å²) in [6.07, 6.45) is 5.88. The number of hydrogen-bond donors (Lipinski definition) is 1. The van der Waals surface area contributed by atoms with Gasteiger partial charge in [-0.25, -0.2) is 17.8 Å². The fraction of sp³-hybridized carbons (Fsp3) is 0.269. The molecule has 0 radical (unpaired) electrons. The molecule has 2 aromatic carbocycles. The molecule has 192 valence electrons. The van der Waals surface area contributed by atoms with Crippen molar-refractivity contribution in [3.05, 3.63) is 71.2 Å². The number of benzene rings is 2. The van der Waals surface area contributed by atoms with Crippen molar-refractivity contribution in [3.63, 3.8) is 0 Å². The van der Waals surface area contributed by atoms with Gasteiger partial charge in [0, 0.05) is 50.2 Å². The minimum atomic E-state index is -3.25. The van der Waals surface area contributed by atoms with E-state index < -0.39 is 15.8 Å². The second kappa shape index (κ2) is 10.9. The normalized spacial score (nSPS) is 14.5. The first-order chi connectivity index (χ1) is 17.6. The molecule has 3 aromatic rings. The first-order valence-electron chi connectivity index (χ1n) is 11.6. The van der Waals surface area contributed by atoms with Crippen LogP contribution in [0.4, 0.5) is 21.7 Å². The minimum absolute atomic E-state index is 0.246. The predicted molar refractivity (Wildman–Crippen MR) is 141 cm³/mol. The number of nitrogens with zero attached hydrogens (tertiary/aromatic N) is 5. The van der Waals surface area contributed by atoms with Crippen LogP contribution in [0.1, 0.15) is 16.7 Å². The molecule has 1 aliphatic heterocycles. The molecule has 0 atom stereocenters. The number of nitriles is 1. The zero-order valence-electron chi connectivity index (χ0n) is 20.8. The number of sulfonamides is 1. The van der Waals surface area contributed by atoms with Gasteiger partial charge < -0.3 is 15.0 Å². The van der Waals surface area contributed by atoms with Gasteiger partial charge in [0.15, 0.2) is 0 Å². The maximum absolute atomic E-state index is 14.9. The highest BCUT2D eigenvalue weighted by atomic mass is 32.2. The third-order valence-electron chi connectivity index (χ3n) is 5.92. The third kappa shape index (κ3) is 6.41. The molecule has 1 fully saturated rings. The van der Waals surface area contributed by atoms with E-state index in [-0.39, 0.29) is 5.95 Å². The van der Waals surface area contributed by atoms with Crippen molar-refractivity contribution >= 4 is 33.4 Å². The van der Waals surface area contributed by atoms with Crippen molar-refractivity contribution < 1.29 is 17.5 Å². The lowest BCUT2D eigenvalue weighted by Gasteiger charge is -2.34. The molecule has 0 saturated carbocycles. The molecular formula is C26H27FN6O3S. The monoisotopic (exact) mass is 522 g/mol. The lowest BCUT2D eigenvalue weighted by molar-refractivity contribution is 0.386. The van der Waals surface area contributed by atoms with Gasteiger partial charge in [-0.05, 0) is 66.9 Å². The summed E-state index contributed by atoms with van der Waals surface area (Å²) >= 11 is 0. The van der Waals surface area contributed by atoms with E-state index in [1.165, 1.54) is 22.7 Å². The van der Waals surface area contributed by atoms with Crippen molar-refractivity contribution in [1.82, 2.24) is 14.3 Å². The van der Waals surface area contributed by atoms with E-state index in [2.05, 4.69) is 15.3 Å². The van der Waals surface area contributed by atoms with Gasteiger partial charge in [-0.3, -0.25) is 0 Å². The summed E-state index contributed by atoms with van der Waals surface area (Å²) in [4.78, 5) is 10.4. The smallest absolute Gasteiger partial charge is 0.230 e. The average molecular weight is 523 g/mol. The molecule has 37 heavy (non-hydrogen) atoms. The average Bonchev–Trinajstić information content (AvgIpc) is 2.85.